The molecule has 0 heterocycles. The van der Waals surface area contributed by atoms with E-state index in [1.165, 1.54) is 5.56 Å². The van der Waals surface area contributed by atoms with Gasteiger partial charge in [0.1, 0.15) is 0 Å². The molecule has 1 amide bonds. The van der Waals surface area contributed by atoms with E-state index in [0.717, 1.165) is 5.56 Å². The SMILES string of the molecule is CCC(C)(CC(C)(CC(C)c1ccc(C(C)(C)C)cc1)C(=O)O)C(=O)NC(C)C. The zero-order valence-electron chi connectivity index (χ0n) is 19.8. The highest BCUT2D eigenvalue weighted by atomic mass is 16.4. The van der Waals surface area contributed by atoms with E-state index in [9.17, 15) is 14.7 Å². The van der Waals surface area contributed by atoms with Crippen LogP contribution < -0.4 is 5.32 Å². The van der Waals surface area contributed by atoms with E-state index in [-0.39, 0.29) is 23.3 Å². The van der Waals surface area contributed by atoms with Gasteiger partial charge in [0, 0.05) is 11.5 Å². The summed E-state index contributed by atoms with van der Waals surface area (Å²) >= 11 is 0. The molecular formula is C25H41NO3. The molecule has 0 spiro atoms. The maximum atomic E-state index is 12.8. The van der Waals surface area contributed by atoms with Crippen molar-refractivity contribution in [1.29, 1.82) is 0 Å². The molecule has 1 aromatic rings. The summed E-state index contributed by atoms with van der Waals surface area (Å²) in [6.45, 7) is 18.1. The van der Waals surface area contributed by atoms with Gasteiger partial charge in [-0.25, -0.2) is 0 Å². The number of hydrogen-bond acceptors (Lipinski definition) is 2. The Bertz CT molecular complexity index is 702. The molecule has 3 atom stereocenters. The Hall–Kier alpha value is -1.84. The first kappa shape index (κ1) is 25.2. The molecule has 164 valence electrons. The Labute approximate surface area is 177 Å². The molecular weight excluding hydrogens is 362 g/mol. The van der Waals surface area contributed by atoms with Crippen LogP contribution in [0.3, 0.4) is 0 Å². The minimum atomic E-state index is -0.985. The number of aliphatic carboxylic acids is 1. The van der Waals surface area contributed by atoms with Gasteiger partial charge >= 0.3 is 5.97 Å². The predicted octanol–water partition coefficient (Wildman–Crippen LogP) is 5.90. The highest BCUT2D eigenvalue weighted by Crippen LogP contribution is 2.43. The highest BCUT2D eigenvalue weighted by Gasteiger charge is 2.44. The number of nitrogens with one attached hydrogen (secondary N) is 1. The van der Waals surface area contributed by atoms with Crippen LogP contribution in [-0.2, 0) is 15.0 Å². The van der Waals surface area contributed by atoms with Crippen molar-refractivity contribution in [2.75, 3.05) is 0 Å². The molecule has 29 heavy (non-hydrogen) atoms. The van der Waals surface area contributed by atoms with Gasteiger partial charge in [0.05, 0.1) is 5.41 Å². The largest absolute Gasteiger partial charge is 0.481 e. The fourth-order valence-electron chi connectivity index (χ4n) is 4.00. The number of carbonyl (C=O) groups is 2. The normalized spacial score (nSPS) is 17.3. The second kappa shape index (κ2) is 9.32. The van der Waals surface area contributed by atoms with Gasteiger partial charge in [-0.05, 0) is 62.5 Å². The van der Waals surface area contributed by atoms with E-state index in [1.807, 2.05) is 27.7 Å². The Balaban J connectivity index is 3.08. The van der Waals surface area contributed by atoms with Crippen LogP contribution in [0.5, 0.6) is 0 Å². The summed E-state index contributed by atoms with van der Waals surface area (Å²) in [5, 5.41) is 13.0. The monoisotopic (exact) mass is 403 g/mol. The first-order chi connectivity index (χ1) is 13.1. The highest BCUT2D eigenvalue weighted by molar-refractivity contribution is 5.84. The van der Waals surface area contributed by atoms with E-state index in [0.29, 0.717) is 19.3 Å². The predicted molar refractivity (Wildman–Crippen MR) is 120 cm³/mol. The number of carboxylic acid groups (broad SMARTS) is 1. The molecule has 4 nitrogen and oxygen atoms in total. The smallest absolute Gasteiger partial charge is 0.309 e. The van der Waals surface area contributed by atoms with Crippen LogP contribution in [-0.4, -0.2) is 23.0 Å². The summed E-state index contributed by atoms with van der Waals surface area (Å²) in [6.07, 6.45) is 1.40. The molecule has 0 saturated carbocycles. The molecule has 0 aliphatic heterocycles. The summed E-state index contributed by atoms with van der Waals surface area (Å²) in [5.41, 5.74) is 0.784. The molecule has 0 fully saturated rings. The van der Waals surface area contributed by atoms with Crippen molar-refractivity contribution in [2.45, 2.75) is 99.0 Å². The summed E-state index contributed by atoms with van der Waals surface area (Å²) < 4.78 is 0. The lowest BCUT2D eigenvalue weighted by atomic mass is 9.67. The minimum absolute atomic E-state index is 0.0321. The van der Waals surface area contributed by atoms with Crippen LogP contribution >= 0.6 is 0 Å². The zero-order valence-corrected chi connectivity index (χ0v) is 19.8. The summed E-state index contributed by atoms with van der Waals surface area (Å²) in [4.78, 5) is 25.1. The fourth-order valence-corrected chi connectivity index (χ4v) is 4.00. The van der Waals surface area contributed by atoms with Gasteiger partial charge in [0.15, 0.2) is 0 Å². The third-order valence-corrected chi connectivity index (χ3v) is 6.15. The lowest BCUT2D eigenvalue weighted by Crippen LogP contribution is -2.46. The van der Waals surface area contributed by atoms with E-state index in [1.54, 1.807) is 6.92 Å². The van der Waals surface area contributed by atoms with Gasteiger partial charge in [-0.1, -0.05) is 65.8 Å². The van der Waals surface area contributed by atoms with Crippen molar-refractivity contribution >= 4 is 11.9 Å². The Morgan fingerprint density at radius 3 is 1.86 bits per heavy atom. The van der Waals surface area contributed by atoms with Gasteiger partial charge in [-0.15, -0.1) is 0 Å². The van der Waals surface area contributed by atoms with Gasteiger partial charge in [0.25, 0.3) is 0 Å². The maximum Gasteiger partial charge on any atom is 0.309 e. The molecule has 2 N–H and O–H groups in total. The number of rotatable bonds is 9. The average Bonchev–Trinajstić information content (AvgIpc) is 2.60. The van der Waals surface area contributed by atoms with E-state index >= 15 is 0 Å². The zero-order chi connectivity index (χ0) is 22.6. The lowest BCUT2D eigenvalue weighted by molar-refractivity contribution is -0.152. The van der Waals surface area contributed by atoms with E-state index in [2.05, 4.69) is 57.3 Å². The standard InChI is InChI=1S/C25H41NO3/c1-10-24(8,21(27)26-17(2)3)16-25(9,22(28)29)15-18(4)19-11-13-20(14-12-19)23(5,6)7/h11-14,17-18H,10,15-16H2,1-9H3,(H,26,27)(H,28,29). The van der Waals surface area contributed by atoms with Gasteiger partial charge < -0.3 is 10.4 Å². The molecule has 0 saturated heterocycles. The van der Waals surface area contributed by atoms with Crippen LogP contribution in [0.1, 0.15) is 98.6 Å². The van der Waals surface area contributed by atoms with Crippen molar-refractivity contribution in [3.8, 4) is 0 Å². The van der Waals surface area contributed by atoms with Gasteiger partial charge in [0.2, 0.25) is 5.91 Å². The molecule has 4 heteroatoms. The van der Waals surface area contributed by atoms with Gasteiger partial charge in [-0.3, -0.25) is 9.59 Å². The van der Waals surface area contributed by atoms with E-state index in [4.69, 9.17) is 0 Å². The topological polar surface area (TPSA) is 66.4 Å². The fraction of sp³-hybridized carbons (Fsp3) is 0.680. The van der Waals surface area contributed by atoms with Crippen LogP contribution in [0.4, 0.5) is 0 Å². The van der Waals surface area contributed by atoms with Crippen LogP contribution in [0.2, 0.25) is 0 Å². The summed E-state index contributed by atoms with van der Waals surface area (Å²) in [6, 6.07) is 8.52. The molecule has 0 radical (unpaired) electrons. The number of amides is 1. The number of benzene rings is 1. The summed E-state index contributed by atoms with van der Waals surface area (Å²) in [5.74, 6) is -0.822. The molecule has 1 rings (SSSR count). The Kier molecular flexibility index (Phi) is 8.09. The van der Waals surface area contributed by atoms with Crippen LogP contribution in [0.25, 0.3) is 0 Å². The van der Waals surface area contributed by atoms with Crippen molar-refractivity contribution in [1.82, 2.24) is 5.32 Å². The van der Waals surface area contributed by atoms with E-state index < -0.39 is 16.8 Å². The van der Waals surface area contributed by atoms with Crippen LogP contribution in [0.15, 0.2) is 24.3 Å². The number of carbonyl (C=O) groups excluding carboxylic acids is 1. The third-order valence-electron chi connectivity index (χ3n) is 6.15. The second-order valence-electron chi connectivity index (χ2n) is 10.6. The van der Waals surface area contributed by atoms with Gasteiger partial charge in [-0.2, -0.15) is 0 Å². The third kappa shape index (κ3) is 6.58. The van der Waals surface area contributed by atoms with Crippen molar-refractivity contribution in [3.63, 3.8) is 0 Å². The Morgan fingerprint density at radius 1 is 0.966 bits per heavy atom. The molecule has 1 aromatic carbocycles. The minimum Gasteiger partial charge on any atom is -0.481 e. The lowest BCUT2D eigenvalue weighted by Gasteiger charge is -2.37. The van der Waals surface area contributed by atoms with Crippen molar-refractivity contribution in [2.24, 2.45) is 10.8 Å². The molecule has 0 bridgehead atoms. The molecule has 3 unspecified atom stereocenters. The number of hydrogen-bond donors (Lipinski definition) is 2. The Morgan fingerprint density at radius 2 is 1.48 bits per heavy atom. The second-order valence-corrected chi connectivity index (χ2v) is 10.6. The maximum absolute atomic E-state index is 12.8. The first-order valence-corrected chi connectivity index (χ1v) is 10.8. The molecule has 0 aliphatic carbocycles. The first-order valence-electron chi connectivity index (χ1n) is 10.8. The quantitative estimate of drug-likeness (QED) is 0.539. The summed E-state index contributed by atoms with van der Waals surface area (Å²) in [7, 11) is 0. The number of carboxylic acids is 1. The van der Waals surface area contributed by atoms with Crippen molar-refractivity contribution < 1.29 is 14.7 Å². The van der Waals surface area contributed by atoms with Crippen LogP contribution in [0, 0.1) is 10.8 Å². The molecule has 0 aliphatic rings. The molecule has 0 aromatic heterocycles. The average molecular weight is 404 g/mol. The van der Waals surface area contributed by atoms with Crippen molar-refractivity contribution in [3.05, 3.63) is 35.4 Å².